The van der Waals surface area contributed by atoms with Gasteiger partial charge in [-0.2, -0.15) is 0 Å². The number of carbonyl (C=O) groups excluding carboxylic acids is 1. The third-order valence-electron chi connectivity index (χ3n) is 1.99. The van der Waals surface area contributed by atoms with E-state index in [1.54, 1.807) is 11.7 Å². The van der Waals surface area contributed by atoms with Crippen LogP contribution < -0.4 is 0 Å². The van der Waals surface area contributed by atoms with Crippen LogP contribution in [0.15, 0.2) is 23.9 Å². The maximum absolute atomic E-state index is 11.7. The van der Waals surface area contributed by atoms with E-state index in [9.17, 15) is 4.79 Å². The summed E-state index contributed by atoms with van der Waals surface area (Å²) in [6, 6.07) is 0. The Morgan fingerprint density at radius 3 is 3.08 bits per heavy atom. The summed E-state index contributed by atoms with van der Waals surface area (Å²) < 4.78 is 0. The lowest BCUT2D eigenvalue weighted by Crippen LogP contribution is -2.33. The average molecular weight is 194 g/mol. The summed E-state index contributed by atoms with van der Waals surface area (Å²) in [4.78, 5) is 18.2. The van der Waals surface area contributed by atoms with Crippen molar-refractivity contribution in [1.82, 2.24) is 9.88 Å². The SMILES string of the molecule is O=C(c1cncs1)N1CC=CCC1. The van der Waals surface area contributed by atoms with Gasteiger partial charge in [-0.05, 0) is 6.42 Å². The number of aromatic nitrogens is 1. The first-order valence-electron chi connectivity index (χ1n) is 4.20. The summed E-state index contributed by atoms with van der Waals surface area (Å²) in [5.74, 6) is 0.104. The molecule has 0 radical (unpaired) electrons. The lowest BCUT2D eigenvalue weighted by atomic mass is 10.2. The Kier molecular flexibility index (Phi) is 2.40. The summed E-state index contributed by atoms with van der Waals surface area (Å²) in [7, 11) is 0. The van der Waals surface area contributed by atoms with E-state index in [2.05, 4.69) is 11.1 Å². The van der Waals surface area contributed by atoms with Gasteiger partial charge >= 0.3 is 0 Å². The standard InChI is InChI=1S/C9H10N2OS/c12-9(8-6-10-7-13-8)11-4-2-1-3-5-11/h1-2,6-7H,3-5H2. The first-order chi connectivity index (χ1) is 6.38. The molecule has 68 valence electrons. The average Bonchev–Trinajstić information content (AvgIpc) is 2.71. The Balaban J connectivity index is 2.09. The number of amides is 1. The van der Waals surface area contributed by atoms with Crippen molar-refractivity contribution in [2.75, 3.05) is 13.1 Å². The van der Waals surface area contributed by atoms with Crippen LogP contribution >= 0.6 is 11.3 Å². The van der Waals surface area contributed by atoms with Gasteiger partial charge in [-0.3, -0.25) is 9.78 Å². The van der Waals surface area contributed by atoms with Gasteiger partial charge < -0.3 is 4.90 Å². The van der Waals surface area contributed by atoms with Gasteiger partial charge in [0.05, 0.1) is 11.7 Å². The highest BCUT2D eigenvalue weighted by Gasteiger charge is 2.16. The molecular formula is C9H10N2OS. The second kappa shape index (κ2) is 3.70. The van der Waals surface area contributed by atoms with Crippen molar-refractivity contribution in [2.45, 2.75) is 6.42 Å². The minimum atomic E-state index is 0.104. The Hall–Kier alpha value is -1.16. The predicted octanol–water partition coefficient (Wildman–Crippen LogP) is 1.55. The number of hydrogen-bond acceptors (Lipinski definition) is 3. The molecule has 1 aromatic rings. The quantitative estimate of drug-likeness (QED) is 0.635. The molecule has 1 aromatic heterocycles. The summed E-state index contributed by atoms with van der Waals surface area (Å²) in [6.07, 6.45) is 6.73. The molecule has 0 aliphatic carbocycles. The lowest BCUT2D eigenvalue weighted by Gasteiger charge is -2.22. The van der Waals surface area contributed by atoms with E-state index in [1.165, 1.54) is 11.3 Å². The number of thiazole rings is 1. The minimum absolute atomic E-state index is 0.104. The molecular weight excluding hydrogens is 184 g/mol. The molecule has 1 amide bonds. The summed E-state index contributed by atoms with van der Waals surface area (Å²) in [5, 5.41) is 0. The van der Waals surface area contributed by atoms with E-state index in [-0.39, 0.29) is 5.91 Å². The topological polar surface area (TPSA) is 33.2 Å². The number of rotatable bonds is 1. The van der Waals surface area contributed by atoms with Gasteiger partial charge in [0.25, 0.3) is 5.91 Å². The number of hydrogen-bond donors (Lipinski definition) is 0. The van der Waals surface area contributed by atoms with Crippen molar-refractivity contribution in [2.24, 2.45) is 0 Å². The van der Waals surface area contributed by atoms with Crippen molar-refractivity contribution in [1.29, 1.82) is 0 Å². The molecule has 0 unspecified atom stereocenters. The predicted molar refractivity (Wildman–Crippen MR) is 51.8 cm³/mol. The minimum Gasteiger partial charge on any atom is -0.334 e. The van der Waals surface area contributed by atoms with Crippen LogP contribution in [0, 0.1) is 0 Å². The zero-order valence-electron chi connectivity index (χ0n) is 7.14. The normalized spacial score (nSPS) is 16.2. The smallest absolute Gasteiger partial charge is 0.265 e. The second-order valence-electron chi connectivity index (χ2n) is 2.88. The first kappa shape index (κ1) is 8.44. The first-order valence-corrected chi connectivity index (χ1v) is 5.08. The molecule has 13 heavy (non-hydrogen) atoms. The van der Waals surface area contributed by atoms with Gasteiger partial charge in [-0.1, -0.05) is 12.2 Å². The van der Waals surface area contributed by atoms with Crippen molar-refractivity contribution >= 4 is 17.2 Å². The van der Waals surface area contributed by atoms with Gasteiger partial charge in [0.15, 0.2) is 0 Å². The molecule has 0 saturated carbocycles. The summed E-state index contributed by atoms with van der Waals surface area (Å²) in [6.45, 7) is 1.56. The zero-order valence-corrected chi connectivity index (χ0v) is 7.96. The van der Waals surface area contributed by atoms with E-state index in [0.717, 1.165) is 24.4 Å². The molecule has 0 atom stereocenters. The van der Waals surface area contributed by atoms with Crippen LogP contribution in [0.2, 0.25) is 0 Å². The maximum Gasteiger partial charge on any atom is 0.265 e. The largest absolute Gasteiger partial charge is 0.334 e. The van der Waals surface area contributed by atoms with E-state index in [4.69, 9.17) is 0 Å². The highest BCUT2D eigenvalue weighted by Crippen LogP contribution is 2.11. The molecule has 2 rings (SSSR count). The van der Waals surface area contributed by atoms with Crippen molar-refractivity contribution < 1.29 is 4.79 Å². The van der Waals surface area contributed by atoms with E-state index in [0.29, 0.717) is 0 Å². The van der Waals surface area contributed by atoms with Crippen LogP contribution in [0.5, 0.6) is 0 Å². The van der Waals surface area contributed by atoms with Gasteiger partial charge in [0, 0.05) is 13.1 Å². The van der Waals surface area contributed by atoms with Gasteiger partial charge in [0.2, 0.25) is 0 Å². The number of carbonyl (C=O) groups is 1. The monoisotopic (exact) mass is 194 g/mol. The maximum atomic E-state index is 11.7. The third-order valence-corrected chi connectivity index (χ3v) is 2.75. The van der Waals surface area contributed by atoms with E-state index >= 15 is 0 Å². The van der Waals surface area contributed by atoms with Crippen LogP contribution in [-0.4, -0.2) is 28.9 Å². The fraction of sp³-hybridized carbons (Fsp3) is 0.333. The second-order valence-corrected chi connectivity index (χ2v) is 3.76. The molecule has 3 nitrogen and oxygen atoms in total. The molecule has 0 saturated heterocycles. The number of nitrogens with zero attached hydrogens (tertiary/aromatic N) is 2. The lowest BCUT2D eigenvalue weighted by molar-refractivity contribution is 0.0775. The van der Waals surface area contributed by atoms with Crippen LogP contribution in [0.4, 0.5) is 0 Å². The summed E-state index contributed by atoms with van der Waals surface area (Å²) in [5.41, 5.74) is 1.69. The van der Waals surface area contributed by atoms with Gasteiger partial charge in [0.1, 0.15) is 4.88 Å². The van der Waals surface area contributed by atoms with Crippen LogP contribution in [0.25, 0.3) is 0 Å². The fourth-order valence-electron chi connectivity index (χ4n) is 1.30. The Morgan fingerprint density at radius 1 is 1.54 bits per heavy atom. The molecule has 0 fully saturated rings. The van der Waals surface area contributed by atoms with Crippen LogP contribution in [-0.2, 0) is 0 Å². The zero-order chi connectivity index (χ0) is 9.10. The molecule has 2 heterocycles. The molecule has 4 heteroatoms. The molecule has 0 spiro atoms. The molecule has 1 aliphatic heterocycles. The van der Waals surface area contributed by atoms with Gasteiger partial charge in [-0.25, -0.2) is 0 Å². The van der Waals surface area contributed by atoms with Crippen molar-refractivity contribution in [3.05, 3.63) is 28.7 Å². The summed E-state index contributed by atoms with van der Waals surface area (Å²) >= 11 is 1.40. The highest BCUT2D eigenvalue weighted by molar-refractivity contribution is 7.11. The van der Waals surface area contributed by atoms with Crippen molar-refractivity contribution in [3.63, 3.8) is 0 Å². The van der Waals surface area contributed by atoms with Crippen LogP contribution in [0.3, 0.4) is 0 Å². The van der Waals surface area contributed by atoms with Gasteiger partial charge in [-0.15, -0.1) is 11.3 Å². The molecule has 0 bridgehead atoms. The third kappa shape index (κ3) is 1.78. The Morgan fingerprint density at radius 2 is 2.46 bits per heavy atom. The Labute approximate surface area is 80.7 Å². The highest BCUT2D eigenvalue weighted by atomic mass is 32.1. The molecule has 0 N–H and O–H groups in total. The van der Waals surface area contributed by atoms with E-state index in [1.807, 2.05) is 11.0 Å². The van der Waals surface area contributed by atoms with E-state index < -0.39 is 0 Å². The Bertz CT molecular complexity index is 318. The van der Waals surface area contributed by atoms with Crippen LogP contribution in [0.1, 0.15) is 16.1 Å². The molecule has 0 aromatic carbocycles. The fourth-order valence-corrected chi connectivity index (χ4v) is 1.89. The molecule has 1 aliphatic rings. The van der Waals surface area contributed by atoms with Crippen molar-refractivity contribution in [3.8, 4) is 0 Å².